The van der Waals surface area contributed by atoms with E-state index < -0.39 is 35.1 Å². The Morgan fingerprint density at radius 1 is 1.07 bits per heavy atom. The molecule has 45 heavy (non-hydrogen) atoms. The molecule has 0 saturated carbocycles. The molecular weight excluding hydrogens is 572 g/mol. The number of rotatable bonds is 15. The van der Waals surface area contributed by atoms with Crippen molar-refractivity contribution in [2.75, 3.05) is 65.6 Å². The third kappa shape index (κ3) is 6.22. The smallest absolute Gasteiger partial charge is 0.248 e. The van der Waals surface area contributed by atoms with Crippen molar-refractivity contribution in [1.29, 1.82) is 0 Å². The first-order valence-electron chi connectivity index (χ1n) is 16.5. The van der Waals surface area contributed by atoms with Gasteiger partial charge in [-0.2, -0.15) is 0 Å². The van der Waals surface area contributed by atoms with E-state index in [1.54, 1.807) is 26.9 Å². The van der Waals surface area contributed by atoms with E-state index in [4.69, 9.17) is 9.47 Å². The normalized spacial score (nSPS) is 29.8. The molecule has 4 aliphatic rings. The van der Waals surface area contributed by atoms with Crippen LogP contribution in [0.25, 0.3) is 0 Å². The number of amides is 3. The van der Waals surface area contributed by atoms with E-state index in [1.807, 2.05) is 44.2 Å². The molecule has 0 aliphatic carbocycles. The zero-order valence-corrected chi connectivity index (χ0v) is 26.9. The van der Waals surface area contributed by atoms with Gasteiger partial charge >= 0.3 is 0 Å². The number of hydrogen-bond acceptors (Lipinski definition) is 7. The summed E-state index contributed by atoms with van der Waals surface area (Å²) in [5.74, 6) is -2.20. The van der Waals surface area contributed by atoms with Gasteiger partial charge in [-0.05, 0) is 38.2 Å². The number of hydrogen-bond donors (Lipinski definition) is 1. The Balaban J connectivity index is 1.54. The Bertz CT molecular complexity index is 1240. The summed E-state index contributed by atoms with van der Waals surface area (Å²) < 4.78 is 12.4. The molecule has 1 N–H and O–H groups in total. The highest BCUT2D eigenvalue weighted by Crippen LogP contribution is 2.64. The fraction of sp³-hybridized carbons (Fsp3) is 0.629. The average Bonchev–Trinajstić information content (AvgIpc) is 3.62. The molecule has 0 aromatic heterocycles. The van der Waals surface area contributed by atoms with Crippen LogP contribution in [0.3, 0.4) is 0 Å². The van der Waals surface area contributed by atoms with E-state index in [2.05, 4.69) is 18.1 Å². The van der Waals surface area contributed by atoms with Gasteiger partial charge in [0.2, 0.25) is 17.7 Å². The number of carbonyl (C=O) groups is 3. The van der Waals surface area contributed by atoms with E-state index >= 15 is 0 Å². The van der Waals surface area contributed by atoms with Gasteiger partial charge in [0, 0.05) is 45.8 Å². The van der Waals surface area contributed by atoms with Crippen molar-refractivity contribution in [1.82, 2.24) is 19.6 Å². The van der Waals surface area contributed by atoms with Crippen molar-refractivity contribution in [3.05, 3.63) is 61.2 Å². The molecule has 6 atom stereocenters. The van der Waals surface area contributed by atoms with Crippen molar-refractivity contribution >= 4 is 17.7 Å². The standard InChI is InChI=1S/C35H50N4O6/c1-5-15-37(16-6-2)31(41)28-29-32(42)39(27(25-40)24-26-11-9-8-10-12-26)30(35(29)14-13-34(28,4)45-35)33(43)38(17-7-3)19-18-36-20-22-44-23-21-36/h5,7-12,27-30,40H,1,3,6,13-25H2,2,4H3/t27-,28+,29+,30?,34-,35?/m1/s1. The van der Waals surface area contributed by atoms with Crippen molar-refractivity contribution in [2.24, 2.45) is 11.8 Å². The summed E-state index contributed by atoms with van der Waals surface area (Å²) in [5.41, 5.74) is -1.09. The number of aliphatic hydroxyl groups excluding tert-OH is 1. The van der Waals surface area contributed by atoms with Crippen LogP contribution in [0.15, 0.2) is 55.6 Å². The van der Waals surface area contributed by atoms with E-state index in [9.17, 15) is 19.5 Å². The number of aliphatic hydroxyl groups is 1. The molecule has 1 spiro atoms. The maximum atomic E-state index is 14.9. The molecule has 4 saturated heterocycles. The molecule has 246 valence electrons. The molecular formula is C35H50N4O6. The lowest BCUT2D eigenvalue weighted by molar-refractivity contribution is -0.156. The Morgan fingerprint density at radius 2 is 1.73 bits per heavy atom. The van der Waals surface area contributed by atoms with Crippen LogP contribution >= 0.6 is 0 Å². The van der Waals surface area contributed by atoms with Crippen LogP contribution < -0.4 is 0 Å². The van der Waals surface area contributed by atoms with Crippen LogP contribution in [0.5, 0.6) is 0 Å². The van der Waals surface area contributed by atoms with Gasteiger partial charge in [0.05, 0.1) is 43.3 Å². The molecule has 10 heteroatoms. The Labute approximate surface area is 267 Å². The van der Waals surface area contributed by atoms with Crippen LogP contribution in [-0.4, -0.2) is 131 Å². The number of fused-ring (bicyclic) bond motifs is 1. The fourth-order valence-corrected chi connectivity index (χ4v) is 8.17. The largest absolute Gasteiger partial charge is 0.394 e. The maximum absolute atomic E-state index is 14.9. The molecule has 5 rings (SSSR count). The van der Waals surface area contributed by atoms with Crippen LogP contribution in [-0.2, 0) is 30.3 Å². The van der Waals surface area contributed by atoms with Crippen molar-refractivity contribution in [3.63, 3.8) is 0 Å². The second-order valence-corrected chi connectivity index (χ2v) is 13.1. The third-order valence-electron chi connectivity index (χ3n) is 10.2. The second-order valence-electron chi connectivity index (χ2n) is 13.1. The number of ether oxygens (including phenoxy) is 2. The second kappa shape index (κ2) is 14.2. The van der Waals surface area contributed by atoms with Gasteiger partial charge in [0.15, 0.2) is 0 Å². The van der Waals surface area contributed by atoms with Crippen LogP contribution in [0.2, 0.25) is 0 Å². The first-order valence-corrected chi connectivity index (χ1v) is 16.5. The molecule has 2 unspecified atom stereocenters. The van der Waals surface area contributed by atoms with Gasteiger partial charge in [-0.1, -0.05) is 49.4 Å². The van der Waals surface area contributed by atoms with Gasteiger partial charge in [0.1, 0.15) is 11.6 Å². The molecule has 2 bridgehead atoms. The quantitative estimate of drug-likeness (QED) is 0.299. The summed E-state index contributed by atoms with van der Waals surface area (Å²) >= 11 is 0. The highest BCUT2D eigenvalue weighted by Gasteiger charge is 2.78. The molecule has 0 radical (unpaired) electrons. The number of nitrogens with zero attached hydrogens (tertiary/aromatic N) is 4. The minimum atomic E-state index is -1.17. The van der Waals surface area contributed by atoms with Gasteiger partial charge in [0.25, 0.3) is 0 Å². The van der Waals surface area contributed by atoms with Crippen molar-refractivity contribution < 1.29 is 29.0 Å². The molecule has 10 nitrogen and oxygen atoms in total. The maximum Gasteiger partial charge on any atom is 0.248 e. The fourth-order valence-electron chi connectivity index (χ4n) is 8.17. The number of likely N-dealkylation sites (tertiary alicyclic amines) is 1. The number of morpholine rings is 1. The summed E-state index contributed by atoms with van der Waals surface area (Å²) in [6.07, 6.45) is 5.61. The Kier molecular flexibility index (Phi) is 10.5. The zero-order valence-electron chi connectivity index (χ0n) is 26.9. The summed E-state index contributed by atoms with van der Waals surface area (Å²) in [6, 6.07) is 8.04. The third-order valence-corrected chi connectivity index (χ3v) is 10.2. The van der Waals surface area contributed by atoms with Crippen LogP contribution in [0, 0.1) is 11.8 Å². The summed E-state index contributed by atoms with van der Waals surface area (Å²) in [5, 5.41) is 10.8. The van der Waals surface area contributed by atoms with Gasteiger partial charge in [-0.25, -0.2) is 0 Å². The number of benzene rings is 1. The van der Waals surface area contributed by atoms with Gasteiger partial charge in [-0.15, -0.1) is 13.2 Å². The monoisotopic (exact) mass is 622 g/mol. The van der Waals surface area contributed by atoms with E-state index in [-0.39, 0.29) is 24.3 Å². The molecule has 4 aliphatic heterocycles. The lowest BCUT2D eigenvalue weighted by Crippen LogP contribution is -2.60. The van der Waals surface area contributed by atoms with Crippen molar-refractivity contribution in [2.45, 2.75) is 62.8 Å². The molecule has 4 heterocycles. The van der Waals surface area contributed by atoms with E-state index in [0.29, 0.717) is 65.2 Å². The van der Waals surface area contributed by atoms with Gasteiger partial charge in [-0.3, -0.25) is 19.3 Å². The topological polar surface area (TPSA) is 103 Å². The predicted octanol–water partition coefficient (Wildman–Crippen LogP) is 2.13. The van der Waals surface area contributed by atoms with E-state index in [1.165, 1.54) is 0 Å². The van der Waals surface area contributed by atoms with Crippen molar-refractivity contribution in [3.8, 4) is 0 Å². The van der Waals surface area contributed by atoms with E-state index in [0.717, 1.165) is 25.1 Å². The average molecular weight is 623 g/mol. The molecule has 3 amide bonds. The first-order chi connectivity index (χ1) is 21.7. The lowest BCUT2D eigenvalue weighted by atomic mass is 9.66. The minimum absolute atomic E-state index is 0.133. The van der Waals surface area contributed by atoms with Crippen LogP contribution in [0.1, 0.15) is 38.7 Å². The first kappa shape index (κ1) is 33.3. The highest BCUT2D eigenvalue weighted by atomic mass is 16.5. The number of carbonyl (C=O) groups excluding carboxylic acids is 3. The van der Waals surface area contributed by atoms with Crippen LogP contribution in [0.4, 0.5) is 0 Å². The summed E-state index contributed by atoms with van der Waals surface area (Å²) in [7, 11) is 0. The minimum Gasteiger partial charge on any atom is -0.394 e. The molecule has 1 aromatic carbocycles. The lowest BCUT2D eigenvalue weighted by Gasteiger charge is -2.40. The summed E-state index contributed by atoms with van der Waals surface area (Å²) in [6.45, 7) is 16.6. The van der Waals surface area contributed by atoms with Gasteiger partial charge < -0.3 is 29.3 Å². The molecule has 1 aromatic rings. The zero-order chi connectivity index (χ0) is 32.2. The highest BCUT2D eigenvalue weighted by molar-refractivity contribution is 5.99. The predicted molar refractivity (Wildman–Crippen MR) is 171 cm³/mol. The SMILES string of the molecule is C=CCN(CCN1CCOCC1)C(=O)C1N([C@@H](CO)Cc2ccccc2)C(=O)[C@@H]2[C@@H](C(=O)N(CC=C)CCC)[C@@]3(C)CCC12O3. The molecule has 4 fully saturated rings. The Hall–Kier alpha value is -3.05. The summed E-state index contributed by atoms with van der Waals surface area (Å²) in [4.78, 5) is 51.3. The Morgan fingerprint density at radius 3 is 2.36 bits per heavy atom.